The Hall–Kier alpha value is -0.970. The van der Waals surface area contributed by atoms with Gasteiger partial charge in [0.2, 0.25) is 0 Å². The van der Waals surface area contributed by atoms with Crippen LogP contribution in [0, 0.1) is 0 Å². The first-order chi connectivity index (χ1) is 10.3. The van der Waals surface area contributed by atoms with Gasteiger partial charge in [-0.15, -0.1) is 12.4 Å². The fourth-order valence-electron chi connectivity index (χ4n) is 3.06. The minimum absolute atomic E-state index is 0. The van der Waals surface area contributed by atoms with Crippen molar-refractivity contribution in [2.75, 3.05) is 33.9 Å². The maximum Gasteiger partial charge on any atom is 0.161 e. The third-order valence-corrected chi connectivity index (χ3v) is 4.17. The second kappa shape index (κ2) is 9.93. The molecule has 1 aromatic rings. The number of nitrogens with one attached hydrogen (secondary N) is 1. The van der Waals surface area contributed by atoms with Gasteiger partial charge in [0, 0.05) is 12.6 Å². The van der Waals surface area contributed by atoms with Crippen LogP contribution in [-0.4, -0.2) is 44.8 Å². The first kappa shape index (κ1) is 19.1. The Kier molecular flexibility index (Phi) is 8.61. The molecule has 0 aromatic heterocycles. The van der Waals surface area contributed by atoms with Crippen LogP contribution in [0.3, 0.4) is 0 Å². The Morgan fingerprint density at radius 3 is 2.41 bits per heavy atom. The Morgan fingerprint density at radius 1 is 1.14 bits per heavy atom. The predicted octanol–water partition coefficient (Wildman–Crippen LogP) is 3.09. The van der Waals surface area contributed by atoms with Crippen molar-refractivity contribution in [3.8, 4) is 11.5 Å². The molecule has 126 valence electrons. The van der Waals surface area contributed by atoms with E-state index in [1.807, 2.05) is 6.07 Å². The number of halogens is 1. The molecule has 0 aliphatic carbocycles. The standard InChI is InChI=1S/C17H28N2O2.ClH/c1-4-11-19(15-7-9-18-10-8-15)13-14-5-6-16(20-2)17(12-14)21-3;/h5-6,12,15,18H,4,7-11,13H2,1-3H3;1H. The SMILES string of the molecule is CCCN(Cc1ccc(OC)c(OC)c1)C1CCNCC1.Cl. The van der Waals surface area contributed by atoms with E-state index in [4.69, 9.17) is 9.47 Å². The second-order valence-corrected chi connectivity index (χ2v) is 5.64. The van der Waals surface area contributed by atoms with E-state index in [1.165, 1.54) is 24.8 Å². The van der Waals surface area contributed by atoms with Gasteiger partial charge in [-0.2, -0.15) is 0 Å². The van der Waals surface area contributed by atoms with Gasteiger partial charge >= 0.3 is 0 Å². The van der Waals surface area contributed by atoms with Crippen molar-refractivity contribution < 1.29 is 9.47 Å². The summed E-state index contributed by atoms with van der Waals surface area (Å²) in [5.74, 6) is 1.61. The van der Waals surface area contributed by atoms with E-state index in [1.54, 1.807) is 14.2 Å². The molecule has 1 aliphatic heterocycles. The Morgan fingerprint density at radius 2 is 1.82 bits per heavy atom. The first-order valence-corrected chi connectivity index (χ1v) is 7.94. The topological polar surface area (TPSA) is 33.7 Å². The highest BCUT2D eigenvalue weighted by molar-refractivity contribution is 5.85. The van der Waals surface area contributed by atoms with Crippen molar-refractivity contribution in [2.45, 2.75) is 38.8 Å². The molecule has 0 bridgehead atoms. The molecule has 22 heavy (non-hydrogen) atoms. The summed E-state index contributed by atoms with van der Waals surface area (Å²) in [5, 5.41) is 3.45. The van der Waals surface area contributed by atoms with Crippen molar-refractivity contribution in [1.82, 2.24) is 10.2 Å². The number of benzene rings is 1. The summed E-state index contributed by atoms with van der Waals surface area (Å²) >= 11 is 0. The maximum absolute atomic E-state index is 5.41. The third-order valence-electron chi connectivity index (χ3n) is 4.17. The summed E-state index contributed by atoms with van der Waals surface area (Å²) in [4.78, 5) is 2.61. The highest BCUT2D eigenvalue weighted by Gasteiger charge is 2.20. The fourth-order valence-corrected chi connectivity index (χ4v) is 3.06. The van der Waals surface area contributed by atoms with Crippen LogP contribution in [0.5, 0.6) is 11.5 Å². The van der Waals surface area contributed by atoms with E-state index in [-0.39, 0.29) is 12.4 Å². The van der Waals surface area contributed by atoms with Crippen LogP contribution in [0.25, 0.3) is 0 Å². The van der Waals surface area contributed by atoms with Crippen LogP contribution < -0.4 is 14.8 Å². The zero-order chi connectivity index (χ0) is 15.1. The van der Waals surface area contributed by atoms with Gasteiger partial charge in [-0.25, -0.2) is 0 Å². The molecule has 0 radical (unpaired) electrons. The average Bonchev–Trinajstić information content (AvgIpc) is 2.55. The van der Waals surface area contributed by atoms with E-state index in [0.717, 1.165) is 37.7 Å². The van der Waals surface area contributed by atoms with E-state index < -0.39 is 0 Å². The largest absolute Gasteiger partial charge is 0.493 e. The molecule has 0 saturated carbocycles. The van der Waals surface area contributed by atoms with Crippen LogP contribution in [0.4, 0.5) is 0 Å². The smallest absolute Gasteiger partial charge is 0.161 e. The Labute approximate surface area is 140 Å². The van der Waals surface area contributed by atoms with Crippen molar-refractivity contribution >= 4 is 12.4 Å². The van der Waals surface area contributed by atoms with Crippen molar-refractivity contribution in [1.29, 1.82) is 0 Å². The van der Waals surface area contributed by atoms with Gasteiger partial charge < -0.3 is 14.8 Å². The number of hydrogen-bond acceptors (Lipinski definition) is 4. The maximum atomic E-state index is 5.41. The molecule has 1 heterocycles. The van der Waals surface area contributed by atoms with Crippen molar-refractivity contribution in [2.24, 2.45) is 0 Å². The molecule has 1 aromatic carbocycles. The van der Waals surface area contributed by atoms with Crippen LogP contribution in [0.15, 0.2) is 18.2 Å². The molecule has 0 spiro atoms. The van der Waals surface area contributed by atoms with Crippen LogP contribution in [0.2, 0.25) is 0 Å². The number of piperidine rings is 1. The molecule has 2 rings (SSSR count). The van der Waals surface area contributed by atoms with Gasteiger partial charge in [0.1, 0.15) is 0 Å². The summed E-state index contributed by atoms with van der Waals surface area (Å²) in [6.45, 7) is 6.66. The van der Waals surface area contributed by atoms with Gasteiger partial charge in [-0.05, 0) is 56.6 Å². The summed E-state index contributed by atoms with van der Waals surface area (Å²) < 4.78 is 10.7. The summed E-state index contributed by atoms with van der Waals surface area (Å²) in [6, 6.07) is 6.94. The first-order valence-electron chi connectivity index (χ1n) is 7.94. The van der Waals surface area contributed by atoms with E-state index in [0.29, 0.717) is 6.04 Å². The summed E-state index contributed by atoms with van der Waals surface area (Å²) in [5.41, 5.74) is 1.29. The second-order valence-electron chi connectivity index (χ2n) is 5.64. The molecule has 4 nitrogen and oxygen atoms in total. The number of nitrogens with zero attached hydrogens (tertiary/aromatic N) is 1. The number of rotatable bonds is 7. The summed E-state index contributed by atoms with van der Waals surface area (Å²) in [6.07, 6.45) is 3.68. The van der Waals surface area contributed by atoms with Gasteiger partial charge in [-0.3, -0.25) is 4.90 Å². The highest BCUT2D eigenvalue weighted by Crippen LogP contribution is 2.28. The molecule has 0 amide bonds. The molecule has 0 atom stereocenters. The molecule has 5 heteroatoms. The van der Waals surface area contributed by atoms with Crippen LogP contribution in [0.1, 0.15) is 31.7 Å². The molecular formula is C17H29ClN2O2. The van der Waals surface area contributed by atoms with Crippen LogP contribution >= 0.6 is 12.4 Å². The van der Waals surface area contributed by atoms with Gasteiger partial charge in [0.25, 0.3) is 0 Å². The van der Waals surface area contributed by atoms with Crippen LogP contribution in [-0.2, 0) is 6.54 Å². The third kappa shape index (κ3) is 5.04. The zero-order valence-electron chi connectivity index (χ0n) is 13.9. The molecule has 1 N–H and O–H groups in total. The molecule has 1 aliphatic rings. The lowest BCUT2D eigenvalue weighted by molar-refractivity contribution is 0.154. The Bertz CT molecular complexity index is 437. The Balaban J connectivity index is 0.00000242. The normalized spacial score (nSPS) is 15.5. The lowest BCUT2D eigenvalue weighted by Gasteiger charge is -2.34. The molecule has 0 unspecified atom stereocenters. The van der Waals surface area contributed by atoms with E-state index in [2.05, 4.69) is 29.3 Å². The van der Waals surface area contributed by atoms with E-state index in [9.17, 15) is 0 Å². The van der Waals surface area contributed by atoms with Gasteiger partial charge in [0.05, 0.1) is 14.2 Å². The quantitative estimate of drug-likeness (QED) is 0.834. The van der Waals surface area contributed by atoms with Crippen molar-refractivity contribution in [3.63, 3.8) is 0 Å². The lowest BCUT2D eigenvalue weighted by Crippen LogP contribution is -2.43. The summed E-state index contributed by atoms with van der Waals surface area (Å²) in [7, 11) is 3.37. The fraction of sp³-hybridized carbons (Fsp3) is 0.647. The monoisotopic (exact) mass is 328 g/mol. The zero-order valence-corrected chi connectivity index (χ0v) is 14.7. The molecular weight excluding hydrogens is 300 g/mol. The van der Waals surface area contributed by atoms with E-state index >= 15 is 0 Å². The highest BCUT2D eigenvalue weighted by atomic mass is 35.5. The average molecular weight is 329 g/mol. The predicted molar refractivity (Wildman–Crippen MR) is 93.4 cm³/mol. The lowest BCUT2D eigenvalue weighted by atomic mass is 10.0. The van der Waals surface area contributed by atoms with Gasteiger partial charge in [-0.1, -0.05) is 13.0 Å². The number of hydrogen-bond donors (Lipinski definition) is 1. The number of ether oxygens (including phenoxy) is 2. The minimum atomic E-state index is 0. The number of methoxy groups -OCH3 is 2. The van der Waals surface area contributed by atoms with Gasteiger partial charge in [0.15, 0.2) is 11.5 Å². The van der Waals surface area contributed by atoms with Crippen molar-refractivity contribution in [3.05, 3.63) is 23.8 Å². The molecule has 1 fully saturated rings. The minimum Gasteiger partial charge on any atom is -0.493 e. The molecule has 1 saturated heterocycles.